The summed E-state index contributed by atoms with van der Waals surface area (Å²) in [5, 5.41) is 3.09. The Morgan fingerprint density at radius 1 is 1.12 bits per heavy atom. The summed E-state index contributed by atoms with van der Waals surface area (Å²) >= 11 is 6.07. The molecule has 0 fully saturated rings. The second-order valence-corrected chi connectivity index (χ2v) is 5.98. The number of hydrogen-bond donors (Lipinski definition) is 1. The molecule has 0 aliphatic carbocycles. The summed E-state index contributed by atoms with van der Waals surface area (Å²) in [4.78, 5) is 24.2. The monoisotopic (exact) mass is 341 g/mol. The number of aryl methyl sites for hydroxylation is 1. The lowest BCUT2D eigenvalue weighted by Gasteiger charge is -2.15. The molecule has 1 aliphatic rings. The second-order valence-electron chi connectivity index (χ2n) is 5.61. The standard InChI is InChI=1S/C19H16ClNO3/c1-12-7-9-14(10-8-12)21-18-16(24-19(23)17(18)20)11-15(22)13-5-3-2-4-6-13/h2-10,16,21H,11H2,1H3. The van der Waals surface area contributed by atoms with Crippen molar-refractivity contribution in [1.82, 2.24) is 0 Å². The van der Waals surface area contributed by atoms with Gasteiger partial charge in [-0.15, -0.1) is 0 Å². The minimum atomic E-state index is -0.709. The van der Waals surface area contributed by atoms with Crippen molar-refractivity contribution in [3.05, 3.63) is 76.5 Å². The van der Waals surface area contributed by atoms with E-state index in [1.807, 2.05) is 37.3 Å². The lowest BCUT2D eigenvalue weighted by molar-refractivity contribution is -0.138. The molecule has 1 heterocycles. The van der Waals surface area contributed by atoms with Gasteiger partial charge in [0.05, 0.1) is 12.1 Å². The smallest absolute Gasteiger partial charge is 0.352 e. The fraction of sp³-hybridized carbons (Fsp3) is 0.158. The number of carbonyl (C=O) groups is 2. The maximum atomic E-state index is 12.4. The highest BCUT2D eigenvalue weighted by Gasteiger charge is 2.35. The van der Waals surface area contributed by atoms with E-state index in [-0.39, 0.29) is 17.2 Å². The first-order valence-corrected chi connectivity index (χ1v) is 7.95. The van der Waals surface area contributed by atoms with E-state index in [1.54, 1.807) is 24.3 Å². The van der Waals surface area contributed by atoms with Crippen molar-refractivity contribution in [2.75, 3.05) is 5.32 Å². The maximum absolute atomic E-state index is 12.4. The molecule has 0 bridgehead atoms. The van der Waals surface area contributed by atoms with Crippen molar-refractivity contribution < 1.29 is 14.3 Å². The van der Waals surface area contributed by atoms with Gasteiger partial charge < -0.3 is 10.1 Å². The number of nitrogens with one attached hydrogen (secondary N) is 1. The molecule has 0 spiro atoms. The predicted octanol–water partition coefficient (Wildman–Crippen LogP) is 4.06. The molecule has 122 valence electrons. The van der Waals surface area contributed by atoms with Crippen LogP contribution < -0.4 is 5.32 Å². The number of Topliss-reactive ketones (excluding diaryl/α,β-unsaturated/α-hetero) is 1. The first-order valence-electron chi connectivity index (χ1n) is 7.57. The van der Waals surface area contributed by atoms with Crippen LogP contribution >= 0.6 is 11.6 Å². The summed E-state index contributed by atoms with van der Waals surface area (Å²) < 4.78 is 5.25. The average Bonchev–Trinajstić information content (AvgIpc) is 2.85. The van der Waals surface area contributed by atoms with Crippen molar-refractivity contribution >= 4 is 29.0 Å². The largest absolute Gasteiger partial charge is 0.451 e. The number of anilines is 1. The van der Waals surface area contributed by atoms with Crippen molar-refractivity contribution in [1.29, 1.82) is 0 Å². The maximum Gasteiger partial charge on any atom is 0.352 e. The topological polar surface area (TPSA) is 55.4 Å². The Hall–Kier alpha value is -2.59. The molecule has 0 radical (unpaired) electrons. The number of cyclic esters (lactones) is 1. The second kappa shape index (κ2) is 6.89. The highest BCUT2D eigenvalue weighted by atomic mass is 35.5. The van der Waals surface area contributed by atoms with Gasteiger partial charge in [-0.05, 0) is 19.1 Å². The van der Waals surface area contributed by atoms with Gasteiger partial charge in [0.15, 0.2) is 11.9 Å². The molecule has 3 rings (SSSR count). The molecule has 0 aromatic heterocycles. The van der Waals surface area contributed by atoms with Crippen LogP contribution in [0.5, 0.6) is 0 Å². The van der Waals surface area contributed by atoms with Crippen LogP contribution in [0.2, 0.25) is 0 Å². The minimum Gasteiger partial charge on any atom is -0.451 e. The number of benzene rings is 2. The van der Waals surface area contributed by atoms with Crippen LogP contribution in [0, 0.1) is 6.92 Å². The molecule has 1 atom stereocenters. The van der Waals surface area contributed by atoms with Gasteiger partial charge in [-0.2, -0.15) is 0 Å². The fourth-order valence-corrected chi connectivity index (χ4v) is 2.69. The van der Waals surface area contributed by atoms with E-state index in [4.69, 9.17) is 16.3 Å². The van der Waals surface area contributed by atoms with E-state index in [9.17, 15) is 9.59 Å². The first-order chi connectivity index (χ1) is 11.5. The van der Waals surface area contributed by atoms with E-state index in [0.717, 1.165) is 11.3 Å². The van der Waals surface area contributed by atoms with Crippen molar-refractivity contribution in [3.63, 3.8) is 0 Å². The Bertz CT molecular complexity index is 797. The molecule has 1 N–H and O–H groups in total. The summed E-state index contributed by atoms with van der Waals surface area (Å²) in [5.41, 5.74) is 2.90. The molecular formula is C19H16ClNO3. The molecule has 0 amide bonds. The third-order valence-corrected chi connectivity index (χ3v) is 4.14. The van der Waals surface area contributed by atoms with Gasteiger partial charge in [-0.1, -0.05) is 59.6 Å². The van der Waals surface area contributed by atoms with E-state index < -0.39 is 12.1 Å². The number of ether oxygens (including phenoxy) is 1. The summed E-state index contributed by atoms with van der Waals surface area (Å²) in [6.07, 6.45) is -0.667. The van der Waals surface area contributed by atoms with Crippen LogP contribution in [0.3, 0.4) is 0 Å². The first kappa shape index (κ1) is 16.3. The van der Waals surface area contributed by atoms with Crippen molar-refractivity contribution in [2.45, 2.75) is 19.4 Å². The van der Waals surface area contributed by atoms with Crippen LogP contribution in [-0.2, 0) is 9.53 Å². The molecule has 2 aromatic carbocycles. The molecule has 4 nitrogen and oxygen atoms in total. The van der Waals surface area contributed by atoms with Crippen LogP contribution in [0.15, 0.2) is 65.3 Å². The molecule has 2 aromatic rings. The average molecular weight is 342 g/mol. The lowest BCUT2D eigenvalue weighted by Crippen LogP contribution is -2.21. The molecular weight excluding hydrogens is 326 g/mol. The van der Waals surface area contributed by atoms with E-state index in [1.165, 1.54) is 0 Å². The number of halogens is 1. The van der Waals surface area contributed by atoms with Gasteiger partial charge in [-0.25, -0.2) is 4.79 Å². The molecule has 24 heavy (non-hydrogen) atoms. The van der Waals surface area contributed by atoms with Gasteiger partial charge >= 0.3 is 5.97 Å². The summed E-state index contributed by atoms with van der Waals surface area (Å²) in [6, 6.07) is 16.5. The van der Waals surface area contributed by atoms with E-state index in [2.05, 4.69) is 5.32 Å². The zero-order valence-electron chi connectivity index (χ0n) is 13.1. The zero-order valence-corrected chi connectivity index (χ0v) is 13.8. The molecule has 1 unspecified atom stereocenters. The third kappa shape index (κ3) is 3.49. The van der Waals surface area contributed by atoms with Crippen LogP contribution in [0.25, 0.3) is 0 Å². The number of esters is 1. The number of carbonyl (C=O) groups excluding carboxylic acids is 2. The predicted molar refractivity (Wildman–Crippen MR) is 93.0 cm³/mol. The number of ketones is 1. The van der Waals surface area contributed by atoms with E-state index >= 15 is 0 Å². The van der Waals surface area contributed by atoms with Crippen molar-refractivity contribution in [3.8, 4) is 0 Å². The van der Waals surface area contributed by atoms with E-state index in [0.29, 0.717) is 11.3 Å². The van der Waals surface area contributed by atoms with Crippen LogP contribution in [-0.4, -0.2) is 17.9 Å². The normalized spacial score (nSPS) is 16.9. The Labute approximate surface area is 145 Å². The molecule has 5 heteroatoms. The highest BCUT2D eigenvalue weighted by molar-refractivity contribution is 6.42. The zero-order chi connectivity index (χ0) is 17.1. The van der Waals surface area contributed by atoms with Crippen LogP contribution in [0.1, 0.15) is 22.3 Å². The lowest BCUT2D eigenvalue weighted by atomic mass is 10.0. The highest BCUT2D eigenvalue weighted by Crippen LogP contribution is 2.30. The Morgan fingerprint density at radius 2 is 1.79 bits per heavy atom. The van der Waals surface area contributed by atoms with Crippen LogP contribution in [0.4, 0.5) is 5.69 Å². The third-order valence-electron chi connectivity index (χ3n) is 3.78. The van der Waals surface area contributed by atoms with Crippen molar-refractivity contribution in [2.24, 2.45) is 0 Å². The van der Waals surface area contributed by atoms with Gasteiger partial charge in [0, 0.05) is 11.3 Å². The van der Waals surface area contributed by atoms with Gasteiger partial charge in [-0.3, -0.25) is 4.79 Å². The number of hydrogen-bond acceptors (Lipinski definition) is 4. The Balaban J connectivity index is 1.78. The summed E-state index contributed by atoms with van der Waals surface area (Å²) in [7, 11) is 0. The quantitative estimate of drug-likeness (QED) is 0.658. The minimum absolute atomic E-state index is 0.0126. The Kier molecular flexibility index (Phi) is 4.67. The van der Waals surface area contributed by atoms with Gasteiger partial charge in [0.25, 0.3) is 0 Å². The van der Waals surface area contributed by atoms with Gasteiger partial charge in [0.2, 0.25) is 0 Å². The van der Waals surface area contributed by atoms with Gasteiger partial charge in [0.1, 0.15) is 5.03 Å². The number of rotatable bonds is 5. The SMILES string of the molecule is Cc1ccc(NC2=C(Cl)C(=O)OC2CC(=O)c2ccccc2)cc1. The summed E-state index contributed by atoms with van der Waals surface area (Å²) in [6.45, 7) is 1.99. The Morgan fingerprint density at radius 3 is 2.46 bits per heavy atom. The fourth-order valence-electron chi connectivity index (χ4n) is 2.47. The summed E-state index contributed by atoms with van der Waals surface area (Å²) in [5.74, 6) is -0.722. The molecule has 0 saturated carbocycles. The molecule has 1 aliphatic heterocycles. The molecule has 0 saturated heterocycles.